The number of hydrogen-bond acceptors (Lipinski definition) is 4. The predicted octanol–water partition coefficient (Wildman–Crippen LogP) is 3.68. The van der Waals surface area contributed by atoms with Gasteiger partial charge in [0, 0.05) is 16.3 Å². The molecule has 6 nitrogen and oxygen atoms in total. The van der Waals surface area contributed by atoms with Crippen LogP contribution in [0.1, 0.15) is 33.5 Å². The zero-order chi connectivity index (χ0) is 18.0. The van der Waals surface area contributed by atoms with E-state index in [-0.39, 0.29) is 17.4 Å². The van der Waals surface area contributed by atoms with Crippen molar-refractivity contribution in [1.82, 2.24) is 15.0 Å². The van der Waals surface area contributed by atoms with Crippen LogP contribution >= 0.6 is 11.6 Å². The maximum Gasteiger partial charge on any atom is 0.278 e. The van der Waals surface area contributed by atoms with E-state index < -0.39 is 0 Å². The lowest BCUT2D eigenvalue weighted by Crippen LogP contribution is -2.14. The lowest BCUT2D eigenvalue weighted by atomic mass is 10.1. The number of halogens is 1. The van der Waals surface area contributed by atoms with Gasteiger partial charge in [0.05, 0.1) is 11.4 Å². The second kappa shape index (κ2) is 6.86. The van der Waals surface area contributed by atoms with Crippen LogP contribution in [0.25, 0.3) is 5.69 Å². The van der Waals surface area contributed by atoms with Gasteiger partial charge in [-0.25, -0.2) is 0 Å². The Bertz CT molecular complexity index is 948. The molecule has 1 heterocycles. The molecule has 0 bridgehead atoms. The molecule has 0 fully saturated rings. The Labute approximate surface area is 149 Å². The average Bonchev–Trinajstić information content (AvgIpc) is 2.97. The fourth-order valence-electron chi connectivity index (χ4n) is 2.28. The molecule has 1 aromatic heterocycles. The third kappa shape index (κ3) is 3.75. The lowest BCUT2D eigenvalue weighted by molar-refractivity contribution is 0.101. The van der Waals surface area contributed by atoms with E-state index in [0.717, 1.165) is 0 Å². The second-order valence-electron chi connectivity index (χ2n) is 5.49. The molecule has 1 amide bonds. The van der Waals surface area contributed by atoms with Crippen molar-refractivity contribution in [2.45, 2.75) is 13.8 Å². The summed E-state index contributed by atoms with van der Waals surface area (Å²) in [5.74, 6) is -0.403. The Balaban J connectivity index is 1.82. The Morgan fingerprint density at radius 3 is 2.44 bits per heavy atom. The molecule has 2 aromatic carbocycles. The Morgan fingerprint density at radius 1 is 1.08 bits per heavy atom. The average molecular weight is 355 g/mol. The first-order chi connectivity index (χ1) is 11.9. The molecule has 25 heavy (non-hydrogen) atoms. The zero-order valence-corrected chi connectivity index (χ0v) is 14.4. The molecule has 1 N–H and O–H groups in total. The van der Waals surface area contributed by atoms with E-state index in [0.29, 0.717) is 27.7 Å². The van der Waals surface area contributed by atoms with Crippen molar-refractivity contribution >= 4 is 29.0 Å². The fraction of sp³-hybridized carbons (Fsp3) is 0.111. The number of hydrogen-bond donors (Lipinski definition) is 1. The van der Waals surface area contributed by atoms with Crippen LogP contribution in [-0.4, -0.2) is 26.7 Å². The van der Waals surface area contributed by atoms with Crippen LogP contribution in [0.2, 0.25) is 5.02 Å². The van der Waals surface area contributed by atoms with Gasteiger partial charge in [-0.1, -0.05) is 17.7 Å². The van der Waals surface area contributed by atoms with E-state index >= 15 is 0 Å². The number of benzene rings is 2. The van der Waals surface area contributed by atoms with Crippen molar-refractivity contribution in [3.8, 4) is 5.69 Å². The molecule has 0 aliphatic heterocycles. The van der Waals surface area contributed by atoms with Crippen molar-refractivity contribution < 1.29 is 9.59 Å². The number of anilines is 1. The number of nitrogens with one attached hydrogen (secondary N) is 1. The zero-order valence-electron chi connectivity index (χ0n) is 13.7. The van der Waals surface area contributed by atoms with Gasteiger partial charge in [0.1, 0.15) is 0 Å². The summed E-state index contributed by atoms with van der Waals surface area (Å²) >= 11 is 5.97. The smallest absolute Gasteiger partial charge is 0.278 e. The first kappa shape index (κ1) is 16.9. The summed E-state index contributed by atoms with van der Waals surface area (Å²) in [6.45, 7) is 3.20. The summed E-state index contributed by atoms with van der Waals surface area (Å²) in [5.41, 5.74) is 2.54. The second-order valence-corrected chi connectivity index (χ2v) is 5.93. The van der Waals surface area contributed by atoms with Gasteiger partial charge >= 0.3 is 0 Å². The highest BCUT2D eigenvalue weighted by Crippen LogP contribution is 2.16. The maximum absolute atomic E-state index is 12.4. The van der Waals surface area contributed by atoms with Gasteiger partial charge in [-0.05, 0) is 56.3 Å². The highest BCUT2D eigenvalue weighted by Gasteiger charge is 2.16. The van der Waals surface area contributed by atoms with Crippen molar-refractivity contribution in [3.63, 3.8) is 0 Å². The lowest BCUT2D eigenvalue weighted by Gasteiger charge is -2.04. The largest absolute Gasteiger partial charge is 0.321 e. The molecule has 3 aromatic rings. The van der Waals surface area contributed by atoms with Crippen molar-refractivity contribution in [3.05, 3.63) is 70.5 Å². The summed E-state index contributed by atoms with van der Waals surface area (Å²) in [5, 5.41) is 11.8. The van der Waals surface area contributed by atoms with Crippen molar-refractivity contribution in [2.24, 2.45) is 0 Å². The number of aromatic nitrogens is 3. The topological polar surface area (TPSA) is 76.9 Å². The SMILES string of the molecule is CC(=O)c1ccc(NC(=O)c2nn(-c3cccc(Cl)c3)nc2C)cc1. The van der Waals surface area contributed by atoms with Gasteiger partial charge in [-0.15, -0.1) is 5.10 Å². The minimum absolute atomic E-state index is 0.0295. The fourth-order valence-corrected chi connectivity index (χ4v) is 2.47. The number of amides is 1. The van der Waals surface area contributed by atoms with E-state index in [9.17, 15) is 9.59 Å². The van der Waals surface area contributed by atoms with Gasteiger partial charge in [-0.2, -0.15) is 9.90 Å². The first-order valence-electron chi connectivity index (χ1n) is 7.56. The van der Waals surface area contributed by atoms with Gasteiger partial charge in [0.25, 0.3) is 5.91 Å². The predicted molar refractivity (Wildman–Crippen MR) is 95.5 cm³/mol. The van der Waals surface area contributed by atoms with E-state index in [1.165, 1.54) is 11.7 Å². The van der Waals surface area contributed by atoms with Gasteiger partial charge in [0.15, 0.2) is 11.5 Å². The number of carbonyl (C=O) groups is 2. The number of carbonyl (C=O) groups excluding carboxylic acids is 2. The van der Waals surface area contributed by atoms with E-state index in [1.807, 2.05) is 0 Å². The Morgan fingerprint density at radius 2 is 1.80 bits per heavy atom. The van der Waals surface area contributed by atoms with Crippen molar-refractivity contribution in [2.75, 3.05) is 5.32 Å². The molecular formula is C18H15ClN4O2. The van der Waals surface area contributed by atoms with Crippen LogP contribution in [0.3, 0.4) is 0 Å². The Hall–Kier alpha value is -2.99. The molecule has 0 radical (unpaired) electrons. The normalized spacial score (nSPS) is 10.5. The maximum atomic E-state index is 12.4. The summed E-state index contributed by atoms with van der Waals surface area (Å²) < 4.78 is 0. The molecule has 0 atom stereocenters. The molecule has 0 spiro atoms. The summed E-state index contributed by atoms with van der Waals surface area (Å²) in [6, 6.07) is 13.7. The summed E-state index contributed by atoms with van der Waals surface area (Å²) in [6.07, 6.45) is 0. The molecule has 0 aliphatic rings. The standard InChI is InChI=1S/C18H15ClN4O2/c1-11-17(22-23(21-11)16-5-3-4-14(19)10-16)18(25)20-15-8-6-13(7-9-15)12(2)24/h3-10H,1-2H3,(H,20,25). The van der Waals surface area contributed by atoms with E-state index in [2.05, 4.69) is 15.5 Å². The van der Waals surface area contributed by atoms with Crippen LogP contribution < -0.4 is 5.32 Å². The minimum Gasteiger partial charge on any atom is -0.321 e. The molecule has 0 saturated heterocycles. The van der Waals surface area contributed by atoms with Gasteiger partial charge in [0.2, 0.25) is 0 Å². The van der Waals surface area contributed by atoms with Crippen LogP contribution in [0.15, 0.2) is 48.5 Å². The summed E-state index contributed by atoms with van der Waals surface area (Å²) in [4.78, 5) is 25.1. The third-order valence-electron chi connectivity index (χ3n) is 3.59. The molecule has 0 saturated carbocycles. The highest BCUT2D eigenvalue weighted by atomic mass is 35.5. The van der Waals surface area contributed by atoms with E-state index in [4.69, 9.17) is 11.6 Å². The van der Waals surface area contributed by atoms with Crippen LogP contribution in [0, 0.1) is 6.92 Å². The van der Waals surface area contributed by atoms with Gasteiger partial charge in [-0.3, -0.25) is 9.59 Å². The van der Waals surface area contributed by atoms with Crippen molar-refractivity contribution in [1.29, 1.82) is 0 Å². The molecule has 7 heteroatoms. The molecule has 3 rings (SSSR count). The number of aryl methyl sites for hydroxylation is 1. The Kier molecular flexibility index (Phi) is 4.63. The monoisotopic (exact) mass is 354 g/mol. The minimum atomic E-state index is -0.374. The van der Waals surface area contributed by atoms with Gasteiger partial charge < -0.3 is 5.32 Å². The number of Topliss-reactive ketones (excluding diaryl/α,β-unsaturated/α-hetero) is 1. The third-order valence-corrected chi connectivity index (χ3v) is 3.82. The highest BCUT2D eigenvalue weighted by molar-refractivity contribution is 6.30. The summed E-state index contributed by atoms with van der Waals surface area (Å²) in [7, 11) is 0. The van der Waals surface area contributed by atoms with E-state index in [1.54, 1.807) is 55.5 Å². The first-order valence-corrected chi connectivity index (χ1v) is 7.94. The number of ketones is 1. The number of rotatable bonds is 4. The molecule has 0 aliphatic carbocycles. The molecular weight excluding hydrogens is 340 g/mol. The van der Waals surface area contributed by atoms with Crippen LogP contribution in [-0.2, 0) is 0 Å². The molecule has 0 unspecified atom stereocenters. The van der Waals surface area contributed by atoms with Crippen LogP contribution in [0.4, 0.5) is 5.69 Å². The van der Waals surface area contributed by atoms with Crippen LogP contribution in [0.5, 0.6) is 0 Å². The number of nitrogens with zero attached hydrogens (tertiary/aromatic N) is 3. The quantitative estimate of drug-likeness (QED) is 0.725. The molecule has 126 valence electrons.